The van der Waals surface area contributed by atoms with E-state index < -0.39 is 0 Å². The van der Waals surface area contributed by atoms with Crippen LogP contribution in [0.3, 0.4) is 0 Å². The minimum Gasteiger partial charge on any atom is -0.480 e. The van der Waals surface area contributed by atoms with E-state index in [2.05, 4.69) is 26.8 Å². The van der Waals surface area contributed by atoms with Crippen molar-refractivity contribution in [3.63, 3.8) is 0 Å². The first-order valence-electron chi connectivity index (χ1n) is 9.35. The second-order valence-electron chi connectivity index (χ2n) is 7.09. The third-order valence-electron chi connectivity index (χ3n) is 5.34. The number of thiophene rings is 1. The molecule has 8 heteroatoms. The topological polar surface area (TPSA) is 52.0 Å². The van der Waals surface area contributed by atoms with Gasteiger partial charge in [0, 0.05) is 26.1 Å². The van der Waals surface area contributed by atoms with Crippen molar-refractivity contribution in [2.75, 3.05) is 5.32 Å². The SMILES string of the molecule is Clc1cccc([C@@H]2Oc3ccc(Cl)cc3C3=C2[C@H](c2cccs2)n2ncnc2N3)c1. The molecule has 0 unspecified atom stereocenters. The van der Waals surface area contributed by atoms with Gasteiger partial charge in [-0.15, -0.1) is 11.3 Å². The Bertz CT molecular complexity index is 1300. The fourth-order valence-corrected chi connectivity index (χ4v) is 5.30. The zero-order valence-electron chi connectivity index (χ0n) is 15.4. The Kier molecular flexibility index (Phi) is 4.13. The number of fused-ring (bicyclic) bond motifs is 3. The van der Waals surface area contributed by atoms with E-state index in [9.17, 15) is 0 Å². The van der Waals surface area contributed by atoms with Crippen LogP contribution in [0.4, 0.5) is 5.95 Å². The molecule has 0 bridgehead atoms. The van der Waals surface area contributed by atoms with Crippen molar-refractivity contribution < 1.29 is 4.74 Å². The smallest absolute Gasteiger partial charge is 0.226 e. The summed E-state index contributed by atoms with van der Waals surface area (Å²) in [6, 6.07) is 17.4. The maximum atomic E-state index is 6.55. The average molecular weight is 453 g/mol. The van der Waals surface area contributed by atoms with Crippen LogP contribution in [0.5, 0.6) is 5.75 Å². The minimum atomic E-state index is -0.343. The highest BCUT2D eigenvalue weighted by molar-refractivity contribution is 7.10. The molecule has 0 saturated heterocycles. The Morgan fingerprint density at radius 2 is 1.93 bits per heavy atom. The highest BCUT2D eigenvalue weighted by Crippen LogP contribution is 2.51. The zero-order chi connectivity index (χ0) is 20.2. The standard InChI is InChI=1S/C22H14Cl2N4OS/c23-13-4-1-3-12(9-13)21-18-19(15-10-14(24)6-7-16(15)29-21)27-22-25-11-26-28(22)20(18)17-5-2-8-30-17/h1-11,20-21H,(H,25,26,27)/t20-,21-/m0/s1. The summed E-state index contributed by atoms with van der Waals surface area (Å²) < 4.78 is 8.45. The van der Waals surface area contributed by atoms with Gasteiger partial charge in [-0.2, -0.15) is 10.1 Å². The van der Waals surface area contributed by atoms with Crippen molar-refractivity contribution in [2.45, 2.75) is 12.1 Å². The van der Waals surface area contributed by atoms with Gasteiger partial charge in [0.15, 0.2) is 0 Å². The third-order valence-corrected chi connectivity index (χ3v) is 6.73. The van der Waals surface area contributed by atoms with Gasteiger partial charge in [0.1, 0.15) is 24.2 Å². The third kappa shape index (κ3) is 2.75. The van der Waals surface area contributed by atoms with Gasteiger partial charge in [-0.1, -0.05) is 41.4 Å². The lowest BCUT2D eigenvalue weighted by atomic mass is 9.87. The number of halogens is 2. The number of benzene rings is 2. The number of hydrogen-bond acceptors (Lipinski definition) is 5. The lowest BCUT2D eigenvalue weighted by Crippen LogP contribution is -2.32. The maximum Gasteiger partial charge on any atom is 0.226 e. The van der Waals surface area contributed by atoms with Crippen molar-refractivity contribution in [2.24, 2.45) is 0 Å². The number of rotatable bonds is 2. The van der Waals surface area contributed by atoms with Gasteiger partial charge in [0.2, 0.25) is 5.95 Å². The van der Waals surface area contributed by atoms with Crippen LogP contribution < -0.4 is 10.1 Å². The Balaban J connectivity index is 1.65. The first-order valence-corrected chi connectivity index (χ1v) is 11.0. The molecule has 2 aromatic carbocycles. The van der Waals surface area contributed by atoms with Crippen LogP contribution in [0.25, 0.3) is 5.70 Å². The van der Waals surface area contributed by atoms with Crippen molar-refractivity contribution in [1.29, 1.82) is 0 Å². The van der Waals surface area contributed by atoms with Crippen LogP contribution >= 0.6 is 34.5 Å². The molecule has 0 fully saturated rings. The van der Waals surface area contributed by atoms with Crippen LogP contribution in [0.15, 0.2) is 71.9 Å². The number of anilines is 1. The van der Waals surface area contributed by atoms with E-state index in [0.717, 1.165) is 33.0 Å². The number of nitrogens with one attached hydrogen (secondary N) is 1. The second-order valence-corrected chi connectivity index (χ2v) is 8.95. The quantitative estimate of drug-likeness (QED) is 0.392. The molecule has 1 N–H and O–H groups in total. The van der Waals surface area contributed by atoms with E-state index in [-0.39, 0.29) is 12.1 Å². The van der Waals surface area contributed by atoms with Gasteiger partial charge in [-0.05, 0) is 47.3 Å². The average Bonchev–Trinajstić information content (AvgIpc) is 3.44. The molecule has 2 aliphatic heterocycles. The molecule has 0 spiro atoms. The molecule has 30 heavy (non-hydrogen) atoms. The summed E-state index contributed by atoms with van der Waals surface area (Å²) >= 11 is 14.4. The fraction of sp³-hybridized carbons (Fsp3) is 0.0909. The summed E-state index contributed by atoms with van der Waals surface area (Å²) in [5, 5.41) is 11.4. The Morgan fingerprint density at radius 1 is 1.03 bits per heavy atom. The predicted molar refractivity (Wildman–Crippen MR) is 119 cm³/mol. The number of ether oxygens (including phenoxy) is 1. The molecule has 2 atom stereocenters. The summed E-state index contributed by atoms with van der Waals surface area (Å²) in [4.78, 5) is 5.58. The molecule has 5 nitrogen and oxygen atoms in total. The van der Waals surface area contributed by atoms with Crippen LogP contribution in [0, 0.1) is 0 Å². The van der Waals surface area contributed by atoms with Crippen LogP contribution in [0.2, 0.25) is 10.0 Å². The van der Waals surface area contributed by atoms with E-state index in [1.165, 1.54) is 0 Å². The fourth-order valence-electron chi connectivity index (χ4n) is 4.11. The van der Waals surface area contributed by atoms with E-state index in [1.54, 1.807) is 17.7 Å². The van der Waals surface area contributed by atoms with Gasteiger partial charge in [0.05, 0.1) is 5.70 Å². The predicted octanol–water partition coefficient (Wildman–Crippen LogP) is 6.21. The van der Waals surface area contributed by atoms with Crippen LogP contribution in [-0.4, -0.2) is 14.8 Å². The van der Waals surface area contributed by atoms with Crippen molar-refractivity contribution in [3.05, 3.63) is 97.9 Å². The number of nitrogens with zero attached hydrogens (tertiary/aromatic N) is 3. The molecule has 0 amide bonds. The van der Waals surface area contributed by atoms with Gasteiger partial charge < -0.3 is 10.1 Å². The van der Waals surface area contributed by atoms with Gasteiger partial charge >= 0.3 is 0 Å². The molecule has 2 aliphatic rings. The Labute approximate surface area is 186 Å². The first-order chi connectivity index (χ1) is 14.7. The maximum absolute atomic E-state index is 6.55. The molecule has 0 saturated carbocycles. The molecule has 4 heterocycles. The molecule has 6 rings (SSSR count). The van der Waals surface area contributed by atoms with Crippen molar-refractivity contribution in [3.8, 4) is 5.75 Å². The molecule has 0 aliphatic carbocycles. The molecule has 148 valence electrons. The van der Waals surface area contributed by atoms with Gasteiger partial charge in [-0.25, -0.2) is 4.68 Å². The lowest BCUT2D eigenvalue weighted by molar-refractivity contribution is 0.223. The van der Waals surface area contributed by atoms with Crippen molar-refractivity contribution in [1.82, 2.24) is 14.8 Å². The summed E-state index contributed by atoms with van der Waals surface area (Å²) in [5.41, 5.74) is 3.88. The highest BCUT2D eigenvalue weighted by atomic mass is 35.5. The lowest BCUT2D eigenvalue weighted by Gasteiger charge is -2.38. The van der Waals surface area contributed by atoms with Crippen molar-refractivity contribution >= 4 is 46.2 Å². The monoisotopic (exact) mass is 452 g/mol. The molecular formula is C22H14Cl2N4OS. The minimum absolute atomic E-state index is 0.158. The summed E-state index contributed by atoms with van der Waals surface area (Å²) in [7, 11) is 0. The largest absolute Gasteiger partial charge is 0.480 e. The van der Waals surface area contributed by atoms with Gasteiger partial charge in [0.25, 0.3) is 0 Å². The molecular weight excluding hydrogens is 439 g/mol. The van der Waals surface area contributed by atoms with Crippen LogP contribution in [-0.2, 0) is 0 Å². The molecule has 2 aromatic heterocycles. The Morgan fingerprint density at radius 3 is 2.77 bits per heavy atom. The molecule has 0 radical (unpaired) electrons. The number of aromatic nitrogens is 3. The molecule has 4 aromatic rings. The zero-order valence-corrected chi connectivity index (χ0v) is 17.7. The second kappa shape index (κ2) is 6.87. The van der Waals surface area contributed by atoms with E-state index in [1.807, 2.05) is 53.2 Å². The summed E-state index contributed by atoms with van der Waals surface area (Å²) in [6.45, 7) is 0. The van der Waals surface area contributed by atoms with E-state index >= 15 is 0 Å². The van der Waals surface area contributed by atoms with E-state index in [4.69, 9.17) is 27.9 Å². The highest BCUT2D eigenvalue weighted by Gasteiger charge is 2.41. The van der Waals surface area contributed by atoms with Crippen LogP contribution in [0.1, 0.15) is 28.1 Å². The van der Waals surface area contributed by atoms with E-state index in [0.29, 0.717) is 16.0 Å². The van der Waals surface area contributed by atoms with Gasteiger partial charge in [-0.3, -0.25) is 0 Å². The Hall–Kier alpha value is -2.80. The number of hydrogen-bond donors (Lipinski definition) is 1. The first kappa shape index (κ1) is 18.0. The summed E-state index contributed by atoms with van der Waals surface area (Å²) in [5.74, 6) is 1.44. The normalized spacial score (nSPS) is 19.4. The summed E-state index contributed by atoms with van der Waals surface area (Å²) in [6.07, 6.45) is 1.22.